The number of amides is 1. The third-order valence-electron chi connectivity index (χ3n) is 5.10. The van der Waals surface area contributed by atoms with Gasteiger partial charge in [-0.2, -0.15) is 0 Å². The van der Waals surface area contributed by atoms with Crippen molar-refractivity contribution in [2.45, 2.75) is 0 Å². The molecule has 1 amide bonds. The van der Waals surface area contributed by atoms with Gasteiger partial charge in [0, 0.05) is 56.8 Å². The van der Waals surface area contributed by atoms with Crippen LogP contribution in [-0.2, 0) is 4.74 Å². The number of hydrogen-bond acceptors (Lipinski definition) is 5. The Balaban J connectivity index is 1.41. The minimum absolute atomic E-state index is 0.0369. The van der Waals surface area contributed by atoms with Gasteiger partial charge in [0.25, 0.3) is 5.91 Å². The lowest BCUT2D eigenvalue weighted by Crippen LogP contribution is -2.46. The summed E-state index contributed by atoms with van der Waals surface area (Å²) in [6.45, 7) is 5.76. The number of pyridine rings is 1. The van der Waals surface area contributed by atoms with Crippen LogP contribution in [0, 0.1) is 5.82 Å². The lowest BCUT2D eigenvalue weighted by Gasteiger charge is -2.37. The van der Waals surface area contributed by atoms with Crippen molar-refractivity contribution in [1.82, 2.24) is 9.88 Å². The normalized spacial score (nSPS) is 17.9. The Bertz CT molecular complexity index is 785. The molecule has 3 heterocycles. The number of halogens is 1. The monoisotopic (exact) mass is 370 g/mol. The highest BCUT2D eigenvalue weighted by Crippen LogP contribution is 2.21. The summed E-state index contributed by atoms with van der Waals surface area (Å²) < 4.78 is 18.4. The van der Waals surface area contributed by atoms with E-state index < -0.39 is 0 Å². The zero-order valence-corrected chi connectivity index (χ0v) is 15.2. The third-order valence-corrected chi connectivity index (χ3v) is 5.10. The quantitative estimate of drug-likeness (QED) is 0.827. The van der Waals surface area contributed by atoms with Crippen LogP contribution in [-0.4, -0.2) is 68.3 Å². The average molecular weight is 370 g/mol. The maximum atomic E-state index is 13.1. The lowest BCUT2D eigenvalue weighted by molar-refractivity contribution is 0.0299. The van der Waals surface area contributed by atoms with Gasteiger partial charge in [-0.05, 0) is 36.4 Å². The molecule has 1 aromatic heterocycles. The Morgan fingerprint density at radius 3 is 2.19 bits per heavy atom. The summed E-state index contributed by atoms with van der Waals surface area (Å²) in [5, 5.41) is 0. The summed E-state index contributed by atoms with van der Waals surface area (Å²) in [6, 6.07) is 10.4. The first kappa shape index (κ1) is 17.7. The summed E-state index contributed by atoms with van der Waals surface area (Å²) in [4.78, 5) is 23.2. The standard InChI is InChI=1S/C20H23FN4O2/c21-16-1-3-17(4-2-16)23-7-9-24(10-8-23)18-5-6-22-19(15-18)20(26)25-11-13-27-14-12-25/h1-6,15H,7-14H2. The molecule has 4 rings (SSSR count). The van der Waals surface area contributed by atoms with Gasteiger partial charge < -0.3 is 19.4 Å². The molecule has 2 aliphatic heterocycles. The van der Waals surface area contributed by atoms with Gasteiger partial charge in [-0.15, -0.1) is 0 Å². The molecule has 2 aromatic rings. The molecule has 0 spiro atoms. The summed E-state index contributed by atoms with van der Waals surface area (Å²) in [5.41, 5.74) is 2.53. The number of hydrogen-bond donors (Lipinski definition) is 0. The molecule has 0 N–H and O–H groups in total. The second-order valence-electron chi connectivity index (χ2n) is 6.75. The van der Waals surface area contributed by atoms with E-state index in [1.807, 2.05) is 24.3 Å². The van der Waals surface area contributed by atoms with Gasteiger partial charge in [0.2, 0.25) is 0 Å². The predicted octanol–water partition coefficient (Wildman–Crippen LogP) is 2.02. The molecule has 0 unspecified atom stereocenters. The van der Waals surface area contributed by atoms with Crippen LogP contribution in [0.3, 0.4) is 0 Å². The number of ether oxygens (including phenoxy) is 1. The van der Waals surface area contributed by atoms with Crippen molar-refractivity contribution in [3.8, 4) is 0 Å². The molecular formula is C20H23FN4O2. The Labute approximate surface area is 158 Å². The summed E-state index contributed by atoms with van der Waals surface area (Å²) >= 11 is 0. The van der Waals surface area contributed by atoms with Crippen molar-refractivity contribution in [1.29, 1.82) is 0 Å². The molecule has 0 radical (unpaired) electrons. The fraction of sp³-hybridized carbons (Fsp3) is 0.400. The lowest BCUT2D eigenvalue weighted by atomic mass is 10.2. The van der Waals surface area contributed by atoms with Gasteiger partial charge in [0.05, 0.1) is 13.2 Å². The summed E-state index contributed by atoms with van der Waals surface area (Å²) in [5.74, 6) is -0.253. The van der Waals surface area contributed by atoms with E-state index in [1.54, 1.807) is 11.1 Å². The highest BCUT2D eigenvalue weighted by molar-refractivity contribution is 5.93. The summed E-state index contributed by atoms with van der Waals surface area (Å²) in [6.07, 6.45) is 1.70. The topological polar surface area (TPSA) is 48.9 Å². The van der Waals surface area contributed by atoms with E-state index >= 15 is 0 Å². The van der Waals surface area contributed by atoms with Crippen molar-refractivity contribution in [2.24, 2.45) is 0 Å². The van der Waals surface area contributed by atoms with Crippen LogP contribution in [0.1, 0.15) is 10.5 Å². The molecule has 2 aliphatic rings. The van der Waals surface area contributed by atoms with Crippen molar-refractivity contribution in [3.05, 3.63) is 54.1 Å². The third kappa shape index (κ3) is 4.03. The average Bonchev–Trinajstić information content (AvgIpc) is 2.75. The smallest absolute Gasteiger partial charge is 0.272 e. The highest BCUT2D eigenvalue weighted by Gasteiger charge is 2.22. The van der Waals surface area contributed by atoms with E-state index in [-0.39, 0.29) is 11.7 Å². The van der Waals surface area contributed by atoms with Crippen LogP contribution >= 0.6 is 0 Å². The van der Waals surface area contributed by atoms with E-state index in [1.165, 1.54) is 12.1 Å². The van der Waals surface area contributed by atoms with Crippen LogP contribution in [0.5, 0.6) is 0 Å². The van der Waals surface area contributed by atoms with E-state index in [0.717, 1.165) is 37.6 Å². The van der Waals surface area contributed by atoms with E-state index in [0.29, 0.717) is 32.0 Å². The summed E-state index contributed by atoms with van der Waals surface area (Å²) in [7, 11) is 0. The Morgan fingerprint density at radius 2 is 1.52 bits per heavy atom. The van der Waals surface area contributed by atoms with Crippen molar-refractivity contribution >= 4 is 17.3 Å². The predicted molar refractivity (Wildman–Crippen MR) is 102 cm³/mol. The van der Waals surface area contributed by atoms with Crippen LogP contribution in [0.25, 0.3) is 0 Å². The van der Waals surface area contributed by atoms with Gasteiger partial charge in [0.1, 0.15) is 11.5 Å². The number of carbonyl (C=O) groups is 1. The Hall–Kier alpha value is -2.67. The second kappa shape index (κ2) is 7.92. The zero-order chi connectivity index (χ0) is 18.6. The molecule has 0 saturated carbocycles. The van der Waals surface area contributed by atoms with Crippen LogP contribution < -0.4 is 9.80 Å². The molecule has 0 bridgehead atoms. The molecule has 0 atom stereocenters. The number of anilines is 2. The Kier molecular flexibility index (Phi) is 5.20. The van der Waals surface area contributed by atoms with Gasteiger partial charge in [-0.1, -0.05) is 0 Å². The minimum Gasteiger partial charge on any atom is -0.378 e. The number of carbonyl (C=O) groups excluding carboxylic acids is 1. The molecule has 0 aliphatic carbocycles. The number of rotatable bonds is 3. The molecule has 1 aromatic carbocycles. The van der Waals surface area contributed by atoms with E-state index in [9.17, 15) is 9.18 Å². The number of nitrogens with zero attached hydrogens (tertiary/aromatic N) is 4. The minimum atomic E-state index is -0.216. The van der Waals surface area contributed by atoms with Crippen LogP contribution in [0.15, 0.2) is 42.6 Å². The Morgan fingerprint density at radius 1 is 0.889 bits per heavy atom. The molecular weight excluding hydrogens is 347 g/mol. The molecule has 6 nitrogen and oxygen atoms in total. The maximum absolute atomic E-state index is 13.1. The fourth-order valence-electron chi connectivity index (χ4n) is 3.54. The van der Waals surface area contributed by atoms with Gasteiger partial charge in [-0.3, -0.25) is 9.78 Å². The molecule has 2 saturated heterocycles. The molecule has 7 heteroatoms. The van der Waals surface area contributed by atoms with Gasteiger partial charge in [-0.25, -0.2) is 4.39 Å². The molecule has 2 fully saturated rings. The number of piperazine rings is 1. The number of benzene rings is 1. The number of morpholine rings is 1. The van der Waals surface area contributed by atoms with Gasteiger partial charge in [0.15, 0.2) is 0 Å². The first-order chi connectivity index (χ1) is 13.2. The molecule has 142 valence electrons. The van der Waals surface area contributed by atoms with Crippen LogP contribution in [0.4, 0.5) is 15.8 Å². The fourth-order valence-corrected chi connectivity index (χ4v) is 3.54. The van der Waals surface area contributed by atoms with Crippen molar-refractivity contribution in [2.75, 3.05) is 62.3 Å². The largest absolute Gasteiger partial charge is 0.378 e. The zero-order valence-electron chi connectivity index (χ0n) is 15.2. The molecule has 27 heavy (non-hydrogen) atoms. The van der Waals surface area contributed by atoms with Crippen LogP contribution in [0.2, 0.25) is 0 Å². The number of aromatic nitrogens is 1. The van der Waals surface area contributed by atoms with E-state index in [2.05, 4.69) is 14.8 Å². The maximum Gasteiger partial charge on any atom is 0.272 e. The van der Waals surface area contributed by atoms with Crippen molar-refractivity contribution < 1.29 is 13.9 Å². The second-order valence-corrected chi connectivity index (χ2v) is 6.75. The first-order valence-electron chi connectivity index (χ1n) is 9.29. The van der Waals surface area contributed by atoms with E-state index in [4.69, 9.17) is 4.74 Å². The SMILES string of the molecule is O=C(c1cc(N2CCN(c3ccc(F)cc3)CC2)ccn1)N1CCOCC1. The van der Waals surface area contributed by atoms with Crippen molar-refractivity contribution in [3.63, 3.8) is 0 Å². The van der Waals surface area contributed by atoms with Gasteiger partial charge >= 0.3 is 0 Å². The highest BCUT2D eigenvalue weighted by atomic mass is 19.1. The first-order valence-corrected chi connectivity index (χ1v) is 9.29.